The zero-order chi connectivity index (χ0) is 16.0. The lowest BCUT2D eigenvalue weighted by Gasteiger charge is -2.22. The number of aliphatic hydroxyl groups excluding tert-OH is 1. The average molecular weight is 305 g/mol. The lowest BCUT2D eigenvalue weighted by molar-refractivity contribution is -0.0197. The Morgan fingerprint density at radius 1 is 0.773 bits per heavy atom. The van der Waals surface area contributed by atoms with E-state index in [4.69, 9.17) is 0 Å². The van der Waals surface area contributed by atoms with Gasteiger partial charge in [-0.25, -0.2) is 0 Å². The Bertz CT molecular complexity index is 795. The number of rotatable bonds is 1. The molecule has 114 valence electrons. The molecule has 2 aromatic carbocycles. The van der Waals surface area contributed by atoms with Crippen molar-refractivity contribution in [2.45, 2.75) is 6.10 Å². The molecule has 0 aromatic heterocycles. The van der Waals surface area contributed by atoms with Crippen LogP contribution >= 0.6 is 0 Å². The topological polar surface area (TPSA) is 134 Å². The summed E-state index contributed by atoms with van der Waals surface area (Å²) in [5.41, 5.74) is 0.480. The summed E-state index contributed by atoms with van der Waals surface area (Å²) in [6, 6.07) is 5.13. The SMILES string of the molecule is OC1=Cc2c(cc(O)c(O)c2O)[OH+]C1c1ccc(O)c(O)c1. The Morgan fingerprint density at radius 2 is 1.50 bits per heavy atom. The van der Waals surface area contributed by atoms with Crippen molar-refractivity contribution in [1.29, 1.82) is 0 Å². The van der Waals surface area contributed by atoms with Crippen molar-refractivity contribution in [1.82, 2.24) is 0 Å². The van der Waals surface area contributed by atoms with E-state index in [-0.39, 0.29) is 28.6 Å². The van der Waals surface area contributed by atoms with Crippen molar-refractivity contribution in [3.8, 4) is 34.5 Å². The predicted molar refractivity (Wildman–Crippen MR) is 76.2 cm³/mol. The normalized spacial score (nSPS) is 16.5. The highest BCUT2D eigenvalue weighted by molar-refractivity contribution is 5.73. The van der Waals surface area contributed by atoms with Crippen LogP contribution in [0.15, 0.2) is 30.0 Å². The molecule has 1 aliphatic heterocycles. The van der Waals surface area contributed by atoms with Gasteiger partial charge in [0.1, 0.15) is 5.56 Å². The summed E-state index contributed by atoms with van der Waals surface area (Å²) in [6.07, 6.45) is 0.341. The first-order valence-corrected chi connectivity index (χ1v) is 6.29. The predicted octanol–water partition coefficient (Wildman–Crippen LogP) is 2.11. The van der Waals surface area contributed by atoms with E-state index in [0.29, 0.717) is 5.56 Å². The van der Waals surface area contributed by atoms with Gasteiger partial charge in [0.2, 0.25) is 5.75 Å². The minimum atomic E-state index is -0.873. The van der Waals surface area contributed by atoms with Crippen LogP contribution in [0.3, 0.4) is 0 Å². The van der Waals surface area contributed by atoms with Gasteiger partial charge < -0.3 is 35.4 Å². The molecule has 1 atom stereocenters. The number of phenolic OH excluding ortho intramolecular Hbond substituents is 5. The lowest BCUT2D eigenvalue weighted by atomic mass is 10.0. The first-order valence-electron chi connectivity index (χ1n) is 6.29. The van der Waals surface area contributed by atoms with Crippen LogP contribution in [0.2, 0.25) is 0 Å². The van der Waals surface area contributed by atoms with Gasteiger partial charge in [-0.15, -0.1) is 0 Å². The van der Waals surface area contributed by atoms with Crippen LogP contribution in [0.1, 0.15) is 17.2 Å². The van der Waals surface area contributed by atoms with Crippen LogP contribution in [0.25, 0.3) is 6.08 Å². The van der Waals surface area contributed by atoms with Gasteiger partial charge in [0.25, 0.3) is 11.9 Å². The molecular weight excluding hydrogens is 292 g/mol. The van der Waals surface area contributed by atoms with E-state index in [1.54, 1.807) is 0 Å². The number of hydrogen-bond acceptors (Lipinski definition) is 6. The maximum absolute atomic E-state index is 10.1. The molecule has 0 bridgehead atoms. The van der Waals surface area contributed by atoms with E-state index in [2.05, 4.69) is 4.74 Å². The molecule has 0 saturated heterocycles. The maximum Gasteiger partial charge on any atom is 0.270 e. The third-order valence-corrected chi connectivity index (χ3v) is 3.43. The van der Waals surface area contributed by atoms with Crippen molar-refractivity contribution in [3.63, 3.8) is 0 Å². The molecule has 3 rings (SSSR count). The van der Waals surface area contributed by atoms with Crippen LogP contribution in [0.5, 0.6) is 34.5 Å². The van der Waals surface area contributed by atoms with Gasteiger partial charge in [0, 0.05) is 6.08 Å². The largest absolute Gasteiger partial charge is 0.571 e. The fourth-order valence-corrected chi connectivity index (χ4v) is 2.28. The molecule has 1 heterocycles. The third-order valence-electron chi connectivity index (χ3n) is 3.43. The molecule has 7 heteroatoms. The molecule has 0 radical (unpaired) electrons. The summed E-state index contributed by atoms with van der Waals surface area (Å²) in [5, 5.41) is 57.7. The van der Waals surface area contributed by atoms with Crippen LogP contribution in [0, 0.1) is 0 Å². The highest BCUT2D eigenvalue weighted by Crippen LogP contribution is 2.49. The Morgan fingerprint density at radius 3 is 2.18 bits per heavy atom. The highest BCUT2D eigenvalue weighted by atomic mass is 16.5. The Kier molecular flexibility index (Phi) is 2.91. The Balaban J connectivity index is 2.08. The zero-order valence-corrected chi connectivity index (χ0v) is 11.1. The summed E-state index contributed by atoms with van der Waals surface area (Å²) in [5.74, 6) is -2.54. The van der Waals surface area contributed by atoms with Crippen LogP contribution in [-0.4, -0.2) is 35.4 Å². The number of fused-ring (bicyclic) bond motifs is 1. The first-order chi connectivity index (χ1) is 10.4. The van der Waals surface area contributed by atoms with Crippen molar-refractivity contribution in [2.75, 3.05) is 0 Å². The fraction of sp³-hybridized carbons (Fsp3) is 0.0667. The number of hydrogen-bond donors (Lipinski definition) is 6. The first kappa shape index (κ1) is 13.7. The molecular formula is C15H13O7+. The van der Waals surface area contributed by atoms with Crippen molar-refractivity contribution in [3.05, 3.63) is 41.2 Å². The Labute approximate surface area is 124 Å². The van der Waals surface area contributed by atoms with Gasteiger partial charge >= 0.3 is 0 Å². The van der Waals surface area contributed by atoms with Crippen LogP contribution < -0.4 is 0 Å². The zero-order valence-electron chi connectivity index (χ0n) is 11.1. The summed E-state index contributed by atoms with van der Waals surface area (Å²) < 4.78 is 4.19. The molecule has 0 fully saturated rings. The Hall–Kier alpha value is -3.22. The van der Waals surface area contributed by atoms with Gasteiger partial charge in [-0.3, -0.25) is 0 Å². The summed E-state index contributed by atoms with van der Waals surface area (Å²) >= 11 is 0. The number of aliphatic hydroxyl groups is 2. The molecule has 0 saturated carbocycles. The second kappa shape index (κ2) is 4.66. The molecule has 2 aromatic rings. The summed E-state index contributed by atoms with van der Waals surface area (Å²) in [7, 11) is 0. The van der Waals surface area contributed by atoms with E-state index < -0.39 is 23.4 Å². The molecule has 22 heavy (non-hydrogen) atoms. The maximum atomic E-state index is 10.1. The van der Waals surface area contributed by atoms with E-state index in [0.717, 1.165) is 6.07 Å². The molecule has 0 aliphatic carbocycles. The van der Waals surface area contributed by atoms with Crippen LogP contribution in [-0.2, 0) is 0 Å². The average Bonchev–Trinajstić information content (AvgIpc) is 2.48. The smallest absolute Gasteiger partial charge is 0.270 e. The van der Waals surface area contributed by atoms with Crippen molar-refractivity contribution in [2.24, 2.45) is 0 Å². The molecule has 0 amide bonds. The molecule has 1 unspecified atom stereocenters. The second-order valence-corrected chi connectivity index (χ2v) is 4.87. The van der Waals surface area contributed by atoms with Gasteiger partial charge in [-0.1, -0.05) is 0 Å². The van der Waals surface area contributed by atoms with Crippen LogP contribution in [0.4, 0.5) is 0 Å². The number of phenols is 5. The fourth-order valence-electron chi connectivity index (χ4n) is 2.28. The molecule has 7 N–H and O–H groups in total. The highest BCUT2D eigenvalue weighted by Gasteiger charge is 2.33. The minimum absolute atomic E-state index is 0.0760. The van der Waals surface area contributed by atoms with Crippen molar-refractivity contribution < 1.29 is 35.4 Å². The second-order valence-electron chi connectivity index (χ2n) is 4.87. The summed E-state index contributed by atoms with van der Waals surface area (Å²) in [4.78, 5) is 0. The van der Waals surface area contributed by atoms with Crippen molar-refractivity contribution >= 4 is 6.08 Å². The van der Waals surface area contributed by atoms with Gasteiger partial charge in [-0.2, -0.15) is 0 Å². The van der Waals surface area contributed by atoms with E-state index in [1.807, 2.05) is 0 Å². The number of ether oxygens (including phenoxy) is 1. The third kappa shape index (κ3) is 1.99. The molecule has 7 nitrogen and oxygen atoms in total. The van der Waals surface area contributed by atoms with Gasteiger partial charge in [0.05, 0.1) is 11.6 Å². The lowest BCUT2D eigenvalue weighted by Crippen LogP contribution is -2.12. The summed E-state index contributed by atoms with van der Waals surface area (Å²) in [6.45, 7) is 0. The number of benzene rings is 2. The quantitative estimate of drug-likeness (QED) is 0.271. The number of aromatic hydroxyl groups is 6. The van der Waals surface area contributed by atoms with E-state index >= 15 is 0 Å². The monoisotopic (exact) mass is 305 g/mol. The molecule has 1 aliphatic rings. The van der Waals surface area contributed by atoms with Gasteiger partial charge in [-0.05, 0) is 18.2 Å². The minimum Gasteiger partial charge on any atom is -0.571 e. The van der Waals surface area contributed by atoms with E-state index in [9.17, 15) is 30.6 Å². The van der Waals surface area contributed by atoms with E-state index in [1.165, 1.54) is 24.3 Å². The standard InChI is InChI=1S/C15H12O7/c16-8-2-1-6(3-9(8)17)15-11(19)4-7-12(22-15)5-10(18)14(21)13(7)20/h1-5,15-21H/p+1. The molecule has 0 spiro atoms. The van der Waals surface area contributed by atoms with Gasteiger partial charge in [0.15, 0.2) is 28.8 Å².